The minimum Gasteiger partial charge on any atom is -0.494 e. The van der Waals surface area contributed by atoms with Crippen molar-refractivity contribution in [2.24, 2.45) is 0 Å². The van der Waals surface area contributed by atoms with Gasteiger partial charge < -0.3 is 19.2 Å². The molecule has 1 aliphatic rings. The van der Waals surface area contributed by atoms with Gasteiger partial charge in [0.15, 0.2) is 5.76 Å². The number of benzene rings is 2. The molecule has 0 radical (unpaired) electrons. The van der Waals surface area contributed by atoms with Crippen molar-refractivity contribution >= 4 is 22.7 Å². The van der Waals surface area contributed by atoms with Crippen LogP contribution in [-0.2, 0) is 0 Å². The van der Waals surface area contributed by atoms with E-state index in [2.05, 4.69) is 4.90 Å². The summed E-state index contributed by atoms with van der Waals surface area (Å²) >= 11 is 0. The van der Waals surface area contributed by atoms with E-state index >= 15 is 0 Å². The largest absolute Gasteiger partial charge is 0.494 e. The Bertz CT molecular complexity index is 1030. The second kappa shape index (κ2) is 9.13. The first-order valence-corrected chi connectivity index (χ1v) is 10.4. The molecule has 1 fully saturated rings. The average Bonchev–Trinajstić information content (AvgIpc) is 3.21. The van der Waals surface area contributed by atoms with Crippen molar-refractivity contribution in [3.63, 3.8) is 0 Å². The minimum atomic E-state index is -1.02. The van der Waals surface area contributed by atoms with Crippen molar-refractivity contribution in [1.29, 1.82) is 0 Å². The predicted octanol–water partition coefficient (Wildman–Crippen LogP) is 4.62. The summed E-state index contributed by atoms with van der Waals surface area (Å²) in [6, 6.07) is 13.1. The maximum atomic E-state index is 12.7. The molecule has 1 saturated heterocycles. The molecule has 30 heavy (non-hydrogen) atoms. The van der Waals surface area contributed by atoms with Crippen LogP contribution in [-0.4, -0.2) is 48.0 Å². The molecule has 4 rings (SSSR count). The number of furan rings is 1. The van der Waals surface area contributed by atoms with Crippen molar-refractivity contribution in [2.45, 2.75) is 25.7 Å². The number of carboxylic acids is 1. The number of ketones is 1. The quantitative estimate of drug-likeness (QED) is 0.434. The summed E-state index contributed by atoms with van der Waals surface area (Å²) in [7, 11) is 0. The number of ether oxygens (including phenoxy) is 1. The number of carbonyl (C=O) groups is 2. The first-order chi connectivity index (χ1) is 14.6. The smallest absolute Gasteiger partial charge is 0.335 e. The molecule has 0 unspecified atom stereocenters. The monoisotopic (exact) mass is 407 g/mol. The molecule has 0 amide bonds. The Hall–Kier alpha value is -3.12. The fraction of sp³-hybridized carbons (Fsp3) is 0.333. The summed E-state index contributed by atoms with van der Waals surface area (Å²) in [5, 5.41) is 9.69. The Morgan fingerprint density at radius 3 is 2.43 bits per heavy atom. The second-order valence-electron chi connectivity index (χ2n) is 7.63. The lowest BCUT2D eigenvalue weighted by molar-refractivity contribution is 0.0697. The van der Waals surface area contributed by atoms with Crippen LogP contribution in [0.15, 0.2) is 52.9 Å². The molecule has 156 valence electrons. The van der Waals surface area contributed by atoms with E-state index in [0.29, 0.717) is 23.1 Å². The Morgan fingerprint density at radius 1 is 0.967 bits per heavy atom. The van der Waals surface area contributed by atoms with E-state index in [4.69, 9.17) is 14.3 Å². The molecule has 0 aliphatic carbocycles. The van der Waals surface area contributed by atoms with Crippen molar-refractivity contribution in [3.05, 3.63) is 65.4 Å². The molecule has 0 spiro atoms. The fourth-order valence-corrected chi connectivity index (χ4v) is 3.79. The molecule has 0 atom stereocenters. The first-order valence-electron chi connectivity index (χ1n) is 10.4. The zero-order valence-electron chi connectivity index (χ0n) is 16.8. The molecule has 1 N–H and O–H groups in total. The first kappa shape index (κ1) is 20.2. The van der Waals surface area contributed by atoms with E-state index in [-0.39, 0.29) is 17.1 Å². The molecule has 1 aliphatic heterocycles. The minimum absolute atomic E-state index is 0.157. The maximum absolute atomic E-state index is 12.7. The summed E-state index contributed by atoms with van der Waals surface area (Å²) in [6.07, 6.45) is 4.91. The van der Waals surface area contributed by atoms with Gasteiger partial charge in [-0.15, -0.1) is 0 Å². The highest BCUT2D eigenvalue weighted by atomic mass is 16.5. The van der Waals surface area contributed by atoms with Gasteiger partial charge in [-0.05, 0) is 80.9 Å². The van der Waals surface area contributed by atoms with Crippen LogP contribution in [0.5, 0.6) is 5.75 Å². The third-order valence-corrected chi connectivity index (χ3v) is 5.44. The highest BCUT2D eigenvalue weighted by Gasteiger charge is 2.16. The van der Waals surface area contributed by atoms with Crippen LogP contribution in [0.4, 0.5) is 0 Å². The maximum Gasteiger partial charge on any atom is 0.335 e. The Labute approximate surface area is 175 Å². The van der Waals surface area contributed by atoms with Gasteiger partial charge in [-0.25, -0.2) is 4.79 Å². The van der Waals surface area contributed by atoms with Crippen LogP contribution in [0.3, 0.4) is 0 Å². The van der Waals surface area contributed by atoms with Crippen LogP contribution in [0.25, 0.3) is 11.0 Å². The third kappa shape index (κ3) is 4.71. The molecular weight excluding hydrogens is 382 g/mol. The van der Waals surface area contributed by atoms with Gasteiger partial charge in [0.1, 0.15) is 11.3 Å². The molecule has 3 aromatic rings. The number of rotatable bonds is 8. The number of nitrogens with zero attached hydrogens (tertiary/aromatic N) is 1. The molecule has 6 heteroatoms. The van der Waals surface area contributed by atoms with E-state index in [1.807, 2.05) is 0 Å². The zero-order valence-corrected chi connectivity index (χ0v) is 16.8. The van der Waals surface area contributed by atoms with Crippen LogP contribution in [0, 0.1) is 0 Å². The SMILES string of the molecule is O=C(O)c1ccc2oc(C(=O)c3ccc(OCCCN4CCCCC4)cc3)cc2c1. The van der Waals surface area contributed by atoms with Crippen LogP contribution in [0.2, 0.25) is 0 Å². The molecule has 0 bridgehead atoms. The van der Waals surface area contributed by atoms with Gasteiger partial charge in [0.05, 0.1) is 12.2 Å². The predicted molar refractivity (Wildman–Crippen MR) is 113 cm³/mol. The number of carboxylic acid groups (broad SMARTS) is 1. The van der Waals surface area contributed by atoms with Crippen LogP contribution in [0.1, 0.15) is 52.2 Å². The van der Waals surface area contributed by atoms with Gasteiger partial charge in [0.2, 0.25) is 5.78 Å². The van der Waals surface area contributed by atoms with Crippen molar-refractivity contribution in [3.8, 4) is 5.75 Å². The number of aromatic carboxylic acids is 1. The third-order valence-electron chi connectivity index (χ3n) is 5.44. The van der Waals surface area contributed by atoms with Crippen molar-refractivity contribution in [2.75, 3.05) is 26.2 Å². The average molecular weight is 407 g/mol. The molecular formula is C24H25NO5. The summed E-state index contributed by atoms with van der Waals surface area (Å²) in [6.45, 7) is 4.10. The van der Waals surface area contributed by atoms with E-state index < -0.39 is 5.97 Å². The van der Waals surface area contributed by atoms with Gasteiger partial charge >= 0.3 is 5.97 Å². The van der Waals surface area contributed by atoms with Gasteiger partial charge in [0.25, 0.3) is 0 Å². The molecule has 6 nitrogen and oxygen atoms in total. The lowest BCUT2D eigenvalue weighted by Crippen LogP contribution is -2.31. The zero-order chi connectivity index (χ0) is 20.9. The molecule has 2 aromatic carbocycles. The summed E-state index contributed by atoms with van der Waals surface area (Å²) in [5.41, 5.74) is 1.13. The number of carbonyl (C=O) groups excluding carboxylic acids is 1. The highest BCUT2D eigenvalue weighted by Crippen LogP contribution is 2.24. The molecule has 2 heterocycles. The fourth-order valence-electron chi connectivity index (χ4n) is 3.79. The van der Waals surface area contributed by atoms with Gasteiger partial charge in [0, 0.05) is 17.5 Å². The number of piperidine rings is 1. The van der Waals surface area contributed by atoms with Crippen molar-refractivity contribution in [1.82, 2.24) is 4.90 Å². The van der Waals surface area contributed by atoms with E-state index in [9.17, 15) is 9.59 Å². The van der Waals surface area contributed by atoms with Crippen LogP contribution >= 0.6 is 0 Å². The van der Waals surface area contributed by atoms with E-state index in [1.54, 1.807) is 36.4 Å². The lowest BCUT2D eigenvalue weighted by atomic mass is 10.1. The lowest BCUT2D eigenvalue weighted by Gasteiger charge is -2.26. The van der Waals surface area contributed by atoms with Crippen molar-refractivity contribution < 1.29 is 23.8 Å². The van der Waals surface area contributed by atoms with Crippen LogP contribution < -0.4 is 4.74 Å². The second-order valence-corrected chi connectivity index (χ2v) is 7.63. The number of likely N-dealkylation sites (tertiary alicyclic amines) is 1. The number of hydrogen-bond acceptors (Lipinski definition) is 5. The number of hydrogen-bond donors (Lipinski definition) is 1. The topological polar surface area (TPSA) is 80.0 Å². The van der Waals surface area contributed by atoms with Gasteiger partial charge in [-0.3, -0.25) is 4.79 Å². The highest BCUT2D eigenvalue weighted by molar-refractivity contribution is 6.09. The molecule has 1 aromatic heterocycles. The number of fused-ring (bicyclic) bond motifs is 1. The summed E-state index contributed by atoms with van der Waals surface area (Å²) < 4.78 is 11.4. The van der Waals surface area contributed by atoms with Gasteiger partial charge in [-0.1, -0.05) is 6.42 Å². The standard InChI is InChI=1S/C24H25NO5/c26-23(22-16-19-15-18(24(27)28)7-10-21(19)30-22)17-5-8-20(9-6-17)29-14-4-13-25-11-2-1-3-12-25/h5-10,15-16H,1-4,11-14H2,(H,27,28). The van der Waals surface area contributed by atoms with Gasteiger partial charge in [-0.2, -0.15) is 0 Å². The Kier molecular flexibility index (Phi) is 6.14. The summed E-state index contributed by atoms with van der Waals surface area (Å²) in [4.78, 5) is 26.3. The molecule has 0 saturated carbocycles. The van der Waals surface area contributed by atoms with E-state index in [0.717, 1.165) is 18.7 Å². The van der Waals surface area contributed by atoms with E-state index in [1.165, 1.54) is 44.5 Å². The normalized spacial score (nSPS) is 14.7. The Morgan fingerprint density at radius 2 is 1.70 bits per heavy atom. The summed E-state index contributed by atoms with van der Waals surface area (Å²) in [5.74, 6) is -0.346. The Balaban J connectivity index is 1.34.